The van der Waals surface area contributed by atoms with E-state index < -0.39 is 22.2 Å². The van der Waals surface area contributed by atoms with Crippen LogP contribution in [-0.2, 0) is 19.6 Å². The Bertz CT molecular complexity index is 986. The van der Waals surface area contributed by atoms with E-state index in [1.165, 1.54) is 29.6 Å². The van der Waals surface area contributed by atoms with Crippen LogP contribution in [0.25, 0.3) is 0 Å². The van der Waals surface area contributed by atoms with E-state index in [1.807, 2.05) is 0 Å². The van der Waals surface area contributed by atoms with Gasteiger partial charge < -0.3 is 15.4 Å². The predicted molar refractivity (Wildman–Crippen MR) is 121 cm³/mol. The van der Waals surface area contributed by atoms with Gasteiger partial charge in [-0.25, -0.2) is 8.42 Å². The van der Waals surface area contributed by atoms with E-state index in [4.69, 9.17) is 4.74 Å². The first kappa shape index (κ1) is 23.0. The van der Waals surface area contributed by atoms with Crippen molar-refractivity contribution in [1.82, 2.24) is 9.62 Å². The molecular weight excluding hydrogens is 430 g/mol. The zero-order valence-corrected chi connectivity index (χ0v) is 19.7. The maximum Gasteiger partial charge on any atom is 0.265 e. The third-order valence-corrected chi connectivity index (χ3v) is 8.80. The summed E-state index contributed by atoms with van der Waals surface area (Å²) in [5.41, 5.74) is 0.970. The smallest absolute Gasteiger partial charge is 0.265 e. The number of amides is 2. The van der Waals surface area contributed by atoms with Crippen LogP contribution in [-0.4, -0.2) is 49.3 Å². The summed E-state index contributed by atoms with van der Waals surface area (Å²) in [4.78, 5) is 25.1. The van der Waals surface area contributed by atoms with Crippen molar-refractivity contribution in [3.63, 3.8) is 0 Å². The number of hydrogen-bond acceptors (Lipinski definition) is 5. The Labute approximate surface area is 190 Å². The number of aryl methyl sites for hydroxylation is 1. The van der Waals surface area contributed by atoms with Crippen molar-refractivity contribution < 1.29 is 22.7 Å². The Hall–Kier alpha value is -2.13. The molecule has 2 amide bonds. The van der Waals surface area contributed by atoms with Crippen LogP contribution < -0.4 is 15.4 Å². The molecule has 2 unspecified atom stereocenters. The zero-order valence-electron chi connectivity index (χ0n) is 18.9. The van der Waals surface area contributed by atoms with Crippen LogP contribution in [0.4, 0.5) is 5.69 Å². The minimum Gasteiger partial charge on any atom is -0.479 e. The molecule has 0 bridgehead atoms. The zero-order chi connectivity index (χ0) is 22.9. The van der Waals surface area contributed by atoms with Crippen LogP contribution in [0.5, 0.6) is 5.75 Å². The normalized spacial score (nSPS) is 25.2. The molecule has 1 saturated heterocycles. The van der Waals surface area contributed by atoms with Gasteiger partial charge in [0.1, 0.15) is 11.8 Å². The predicted octanol–water partition coefficient (Wildman–Crippen LogP) is 3.10. The molecule has 0 spiro atoms. The highest BCUT2D eigenvalue weighted by molar-refractivity contribution is 7.89. The van der Waals surface area contributed by atoms with Gasteiger partial charge in [0.15, 0.2) is 6.10 Å². The molecule has 8 nitrogen and oxygen atoms in total. The maximum atomic E-state index is 13.6. The standard InChI is InChI=1S/C23H33N3O5S/c1-15-13-18-20(31-16(2)22(27)25-18)14-21(15)32(29,30)26-12-8-11-19(26)23(28)24-17-9-6-4-3-5-7-10-17/h13-14,16-17,19H,3-12H2,1-2H3,(H,24,28)(H,25,27). The summed E-state index contributed by atoms with van der Waals surface area (Å²) in [5.74, 6) is -0.126. The Kier molecular flexibility index (Phi) is 6.76. The number of rotatable bonds is 4. The molecule has 1 saturated carbocycles. The third-order valence-electron chi connectivity index (χ3n) is 6.75. The molecule has 1 aromatic rings. The molecule has 9 heteroatoms. The quantitative estimate of drug-likeness (QED) is 0.714. The monoisotopic (exact) mass is 463 g/mol. The van der Waals surface area contributed by atoms with Crippen LogP contribution in [0.15, 0.2) is 17.0 Å². The van der Waals surface area contributed by atoms with Crippen molar-refractivity contribution in [2.24, 2.45) is 0 Å². The highest BCUT2D eigenvalue weighted by Gasteiger charge is 2.41. The van der Waals surface area contributed by atoms with Gasteiger partial charge in [-0.05, 0) is 51.2 Å². The first-order chi connectivity index (χ1) is 15.3. The largest absolute Gasteiger partial charge is 0.479 e. The summed E-state index contributed by atoms with van der Waals surface area (Å²) in [6, 6.07) is 2.52. The van der Waals surface area contributed by atoms with Crippen molar-refractivity contribution in [1.29, 1.82) is 0 Å². The van der Waals surface area contributed by atoms with Crippen molar-refractivity contribution >= 4 is 27.5 Å². The van der Waals surface area contributed by atoms with Crippen LogP contribution in [0.2, 0.25) is 0 Å². The molecule has 1 aromatic carbocycles. The summed E-state index contributed by atoms with van der Waals surface area (Å²) in [7, 11) is -3.90. The van der Waals surface area contributed by atoms with Gasteiger partial charge in [-0.1, -0.05) is 32.1 Å². The molecule has 3 aliphatic rings. The summed E-state index contributed by atoms with van der Waals surface area (Å²) in [5, 5.41) is 5.88. The summed E-state index contributed by atoms with van der Waals surface area (Å²) in [6.45, 7) is 3.62. The molecule has 2 heterocycles. The average molecular weight is 464 g/mol. The van der Waals surface area contributed by atoms with Gasteiger partial charge in [0.25, 0.3) is 5.91 Å². The van der Waals surface area contributed by atoms with E-state index >= 15 is 0 Å². The number of nitrogens with one attached hydrogen (secondary N) is 2. The maximum absolute atomic E-state index is 13.6. The summed E-state index contributed by atoms with van der Waals surface area (Å²) >= 11 is 0. The first-order valence-corrected chi connectivity index (χ1v) is 13.2. The van der Waals surface area contributed by atoms with E-state index in [0.717, 1.165) is 25.7 Å². The van der Waals surface area contributed by atoms with Gasteiger partial charge >= 0.3 is 0 Å². The number of ether oxygens (including phenoxy) is 1. The third kappa shape index (κ3) is 4.64. The van der Waals surface area contributed by atoms with E-state index in [-0.39, 0.29) is 22.8 Å². The summed E-state index contributed by atoms with van der Waals surface area (Å²) in [6.07, 6.45) is 8.20. The lowest BCUT2D eigenvalue weighted by Crippen LogP contribution is -2.49. The van der Waals surface area contributed by atoms with Gasteiger partial charge in [-0.15, -0.1) is 0 Å². The second-order valence-electron chi connectivity index (χ2n) is 9.19. The van der Waals surface area contributed by atoms with Crippen LogP contribution in [0, 0.1) is 6.92 Å². The molecule has 176 valence electrons. The van der Waals surface area contributed by atoms with Gasteiger partial charge in [-0.3, -0.25) is 9.59 Å². The Morgan fingerprint density at radius 2 is 1.78 bits per heavy atom. The Morgan fingerprint density at radius 1 is 1.09 bits per heavy atom. The minimum atomic E-state index is -3.90. The van der Waals surface area contributed by atoms with Crippen LogP contribution in [0.3, 0.4) is 0 Å². The molecule has 4 rings (SSSR count). The van der Waals surface area contributed by atoms with Gasteiger partial charge in [0, 0.05) is 18.7 Å². The molecule has 2 N–H and O–H groups in total. The Morgan fingerprint density at radius 3 is 2.50 bits per heavy atom. The lowest BCUT2D eigenvalue weighted by molar-refractivity contribution is -0.125. The number of nitrogens with zero attached hydrogens (tertiary/aromatic N) is 1. The van der Waals surface area contributed by atoms with Crippen molar-refractivity contribution in [2.75, 3.05) is 11.9 Å². The van der Waals surface area contributed by atoms with E-state index in [2.05, 4.69) is 10.6 Å². The molecule has 0 radical (unpaired) electrons. The van der Waals surface area contributed by atoms with Crippen LogP contribution >= 0.6 is 0 Å². The molecule has 32 heavy (non-hydrogen) atoms. The fourth-order valence-corrected chi connectivity index (χ4v) is 6.81. The molecule has 0 aromatic heterocycles. The van der Waals surface area contributed by atoms with Gasteiger partial charge in [0.2, 0.25) is 15.9 Å². The van der Waals surface area contributed by atoms with Crippen LogP contribution in [0.1, 0.15) is 70.3 Å². The fraction of sp³-hybridized carbons (Fsp3) is 0.652. The number of fused-ring (bicyclic) bond motifs is 1. The number of hydrogen-bond donors (Lipinski definition) is 2. The number of anilines is 1. The molecule has 2 atom stereocenters. The highest BCUT2D eigenvalue weighted by Crippen LogP contribution is 2.37. The SMILES string of the molecule is Cc1cc2c(cc1S(=O)(=O)N1CCCC1C(=O)NC1CCCCCCC1)OC(C)C(=O)N2. The van der Waals surface area contributed by atoms with E-state index in [0.29, 0.717) is 36.4 Å². The fourth-order valence-electron chi connectivity index (χ4n) is 4.93. The second-order valence-corrected chi connectivity index (χ2v) is 11.0. The number of carbonyl (C=O) groups is 2. The molecule has 1 aliphatic carbocycles. The van der Waals surface area contributed by atoms with E-state index in [9.17, 15) is 18.0 Å². The first-order valence-electron chi connectivity index (χ1n) is 11.7. The minimum absolute atomic E-state index is 0.116. The number of sulfonamides is 1. The number of benzene rings is 1. The second kappa shape index (κ2) is 9.39. The van der Waals surface area contributed by atoms with Crippen molar-refractivity contribution in [2.45, 2.75) is 94.7 Å². The average Bonchev–Trinajstić information content (AvgIpc) is 3.22. The molecule has 2 aliphatic heterocycles. The van der Waals surface area contributed by atoms with E-state index in [1.54, 1.807) is 19.9 Å². The van der Waals surface area contributed by atoms with Crippen molar-refractivity contribution in [3.05, 3.63) is 17.7 Å². The molecular formula is C23H33N3O5S. The van der Waals surface area contributed by atoms with Crippen molar-refractivity contribution in [3.8, 4) is 5.75 Å². The summed E-state index contributed by atoms with van der Waals surface area (Å²) < 4.78 is 34.2. The Balaban J connectivity index is 1.54. The molecule has 2 fully saturated rings. The lowest BCUT2D eigenvalue weighted by atomic mass is 9.96. The van der Waals surface area contributed by atoms with Gasteiger partial charge in [0.05, 0.1) is 10.6 Å². The highest BCUT2D eigenvalue weighted by atomic mass is 32.2. The number of carbonyl (C=O) groups excluding carboxylic acids is 2. The topological polar surface area (TPSA) is 105 Å². The lowest BCUT2D eigenvalue weighted by Gasteiger charge is -2.28. The van der Waals surface area contributed by atoms with Gasteiger partial charge in [-0.2, -0.15) is 4.31 Å².